The number of carbonyl (C=O) groups is 2. The van der Waals surface area contributed by atoms with Crippen LogP contribution in [-0.4, -0.2) is 18.2 Å². The third-order valence-corrected chi connectivity index (χ3v) is 3.10. The van der Waals surface area contributed by atoms with Gasteiger partial charge in [0, 0.05) is 24.2 Å². The number of para-hydroxylation sites is 1. The molecule has 4 nitrogen and oxygen atoms in total. The van der Waals surface area contributed by atoms with Gasteiger partial charge < -0.3 is 10.6 Å². The van der Waals surface area contributed by atoms with Gasteiger partial charge in [0.1, 0.15) is 5.82 Å². The Morgan fingerprint density at radius 1 is 1.09 bits per heavy atom. The van der Waals surface area contributed by atoms with Crippen molar-refractivity contribution in [3.8, 4) is 0 Å². The number of anilines is 2. The van der Waals surface area contributed by atoms with Crippen LogP contribution in [0.1, 0.15) is 23.7 Å². The number of rotatable bonds is 6. The standard InChI is InChI=1S/C17H17FN2O2/c1-12(21)13-5-4-6-14(11-13)19-10-9-17(22)20-16-8-3-2-7-15(16)18/h2-8,11,19H,9-10H2,1H3,(H,20,22). The fourth-order valence-electron chi connectivity index (χ4n) is 1.94. The molecule has 0 aliphatic rings. The zero-order valence-corrected chi connectivity index (χ0v) is 12.2. The molecule has 0 heterocycles. The van der Waals surface area contributed by atoms with E-state index >= 15 is 0 Å². The van der Waals surface area contributed by atoms with Gasteiger partial charge in [0.15, 0.2) is 5.78 Å². The lowest BCUT2D eigenvalue weighted by molar-refractivity contribution is -0.116. The Kier molecular flexibility index (Phi) is 5.25. The molecule has 0 radical (unpaired) electrons. The van der Waals surface area contributed by atoms with Crippen molar-refractivity contribution in [2.45, 2.75) is 13.3 Å². The summed E-state index contributed by atoms with van der Waals surface area (Å²) in [4.78, 5) is 23.0. The van der Waals surface area contributed by atoms with Gasteiger partial charge >= 0.3 is 0 Å². The van der Waals surface area contributed by atoms with Crippen LogP contribution in [0, 0.1) is 5.82 Å². The molecule has 0 atom stereocenters. The zero-order valence-electron chi connectivity index (χ0n) is 12.2. The van der Waals surface area contributed by atoms with E-state index in [0.29, 0.717) is 12.1 Å². The van der Waals surface area contributed by atoms with Gasteiger partial charge in [0.2, 0.25) is 5.91 Å². The summed E-state index contributed by atoms with van der Waals surface area (Å²) in [5.41, 5.74) is 1.55. The lowest BCUT2D eigenvalue weighted by atomic mass is 10.1. The monoisotopic (exact) mass is 300 g/mol. The van der Waals surface area contributed by atoms with Crippen molar-refractivity contribution in [1.82, 2.24) is 0 Å². The molecule has 2 rings (SSSR count). The second kappa shape index (κ2) is 7.36. The summed E-state index contributed by atoms with van der Waals surface area (Å²) in [5.74, 6) is -0.751. The van der Waals surface area contributed by atoms with E-state index in [0.717, 1.165) is 5.69 Å². The van der Waals surface area contributed by atoms with Crippen molar-refractivity contribution < 1.29 is 14.0 Å². The first-order valence-electron chi connectivity index (χ1n) is 6.95. The molecule has 0 spiro atoms. The third kappa shape index (κ3) is 4.41. The number of nitrogens with one attached hydrogen (secondary N) is 2. The molecule has 2 aromatic rings. The summed E-state index contributed by atoms with van der Waals surface area (Å²) in [6, 6.07) is 13.1. The average Bonchev–Trinajstić information content (AvgIpc) is 2.50. The van der Waals surface area contributed by atoms with Crippen LogP contribution in [-0.2, 0) is 4.79 Å². The van der Waals surface area contributed by atoms with Crippen LogP contribution >= 0.6 is 0 Å². The molecule has 5 heteroatoms. The minimum absolute atomic E-state index is 0.0130. The van der Waals surface area contributed by atoms with Crippen LogP contribution in [0.2, 0.25) is 0 Å². The Balaban J connectivity index is 1.83. The first-order chi connectivity index (χ1) is 10.6. The Labute approximate surface area is 128 Å². The van der Waals surface area contributed by atoms with E-state index in [4.69, 9.17) is 0 Å². The fraction of sp³-hybridized carbons (Fsp3) is 0.176. The van der Waals surface area contributed by atoms with Gasteiger partial charge in [-0.05, 0) is 31.2 Å². The van der Waals surface area contributed by atoms with Gasteiger partial charge in [-0.1, -0.05) is 24.3 Å². The van der Waals surface area contributed by atoms with Crippen molar-refractivity contribution >= 4 is 23.1 Å². The van der Waals surface area contributed by atoms with E-state index in [1.54, 1.807) is 30.3 Å². The number of hydrogen-bond donors (Lipinski definition) is 2. The Bertz CT molecular complexity index is 686. The van der Waals surface area contributed by atoms with Crippen LogP contribution in [0.5, 0.6) is 0 Å². The molecule has 0 aliphatic carbocycles. The molecule has 22 heavy (non-hydrogen) atoms. The van der Waals surface area contributed by atoms with Crippen molar-refractivity contribution in [3.05, 3.63) is 59.9 Å². The molecule has 0 aromatic heterocycles. The molecular formula is C17H17FN2O2. The summed E-state index contributed by atoms with van der Waals surface area (Å²) in [6.45, 7) is 1.89. The summed E-state index contributed by atoms with van der Waals surface area (Å²) in [5, 5.41) is 5.58. The number of amides is 1. The number of halogens is 1. The van der Waals surface area contributed by atoms with Gasteiger partial charge in [-0.25, -0.2) is 4.39 Å². The normalized spacial score (nSPS) is 10.1. The van der Waals surface area contributed by atoms with Crippen LogP contribution < -0.4 is 10.6 Å². The van der Waals surface area contributed by atoms with Gasteiger partial charge in [0.05, 0.1) is 5.69 Å². The molecule has 2 N–H and O–H groups in total. The average molecular weight is 300 g/mol. The van der Waals surface area contributed by atoms with Crippen molar-refractivity contribution in [3.63, 3.8) is 0 Å². The minimum atomic E-state index is -0.460. The smallest absolute Gasteiger partial charge is 0.226 e. The molecular weight excluding hydrogens is 283 g/mol. The third-order valence-electron chi connectivity index (χ3n) is 3.10. The van der Waals surface area contributed by atoms with E-state index in [-0.39, 0.29) is 23.8 Å². The van der Waals surface area contributed by atoms with Gasteiger partial charge in [-0.2, -0.15) is 0 Å². The largest absolute Gasteiger partial charge is 0.385 e. The van der Waals surface area contributed by atoms with Crippen LogP contribution in [0.25, 0.3) is 0 Å². The lowest BCUT2D eigenvalue weighted by Crippen LogP contribution is -2.17. The van der Waals surface area contributed by atoms with Crippen molar-refractivity contribution in [2.24, 2.45) is 0 Å². The van der Waals surface area contributed by atoms with Crippen LogP contribution in [0.15, 0.2) is 48.5 Å². The van der Waals surface area contributed by atoms with Crippen LogP contribution in [0.3, 0.4) is 0 Å². The van der Waals surface area contributed by atoms with E-state index in [1.807, 2.05) is 6.07 Å². The molecule has 0 saturated carbocycles. The number of carbonyl (C=O) groups excluding carboxylic acids is 2. The fourth-order valence-corrected chi connectivity index (χ4v) is 1.94. The molecule has 1 amide bonds. The number of ketones is 1. The highest BCUT2D eigenvalue weighted by atomic mass is 19.1. The van der Waals surface area contributed by atoms with E-state index in [9.17, 15) is 14.0 Å². The maximum atomic E-state index is 13.4. The second-order valence-corrected chi connectivity index (χ2v) is 4.84. The maximum absolute atomic E-state index is 13.4. The SMILES string of the molecule is CC(=O)c1cccc(NCCC(=O)Nc2ccccc2F)c1. The highest BCUT2D eigenvalue weighted by molar-refractivity contribution is 5.95. The van der Waals surface area contributed by atoms with Crippen molar-refractivity contribution in [2.75, 3.05) is 17.2 Å². The quantitative estimate of drug-likeness (QED) is 0.803. The molecule has 0 bridgehead atoms. The highest BCUT2D eigenvalue weighted by Gasteiger charge is 2.06. The molecule has 0 unspecified atom stereocenters. The van der Waals surface area contributed by atoms with Crippen LogP contribution in [0.4, 0.5) is 15.8 Å². The van der Waals surface area contributed by atoms with E-state index in [2.05, 4.69) is 10.6 Å². The second-order valence-electron chi connectivity index (χ2n) is 4.84. The zero-order chi connectivity index (χ0) is 15.9. The van der Waals surface area contributed by atoms with Gasteiger partial charge in [-0.3, -0.25) is 9.59 Å². The Morgan fingerprint density at radius 3 is 2.59 bits per heavy atom. The first-order valence-corrected chi connectivity index (χ1v) is 6.95. The Hall–Kier alpha value is -2.69. The molecule has 0 saturated heterocycles. The first kappa shape index (κ1) is 15.7. The highest BCUT2D eigenvalue weighted by Crippen LogP contribution is 2.13. The number of hydrogen-bond acceptors (Lipinski definition) is 3. The minimum Gasteiger partial charge on any atom is -0.385 e. The number of benzene rings is 2. The van der Waals surface area contributed by atoms with Crippen molar-refractivity contribution in [1.29, 1.82) is 0 Å². The molecule has 114 valence electrons. The maximum Gasteiger partial charge on any atom is 0.226 e. The van der Waals surface area contributed by atoms with E-state index in [1.165, 1.54) is 19.1 Å². The molecule has 0 fully saturated rings. The molecule has 0 aliphatic heterocycles. The molecule has 2 aromatic carbocycles. The topological polar surface area (TPSA) is 58.2 Å². The summed E-state index contributed by atoms with van der Waals surface area (Å²) >= 11 is 0. The Morgan fingerprint density at radius 2 is 1.86 bits per heavy atom. The predicted molar refractivity (Wildman–Crippen MR) is 84.6 cm³/mol. The van der Waals surface area contributed by atoms with Gasteiger partial charge in [-0.15, -0.1) is 0 Å². The summed E-state index contributed by atoms with van der Waals surface area (Å²) in [6.07, 6.45) is 0.193. The predicted octanol–water partition coefficient (Wildman–Crippen LogP) is 3.47. The summed E-state index contributed by atoms with van der Waals surface area (Å²) in [7, 11) is 0. The van der Waals surface area contributed by atoms with E-state index < -0.39 is 5.82 Å². The van der Waals surface area contributed by atoms with Gasteiger partial charge in [0.25, 0.3) is 0 Å². The lowest BCUT2D eigenvalue weighted by Gasteiger charge is -2.08. The summed E-state index contributed by atoms with van der Waals surface area (Å²) < 4.78 is 13.4. The number of Topliss-reactive ketones (excluding diaryl/α,β-unsaturated/α-hetero) is 1.